The standard InChI is InChI=1S/C12H11NO2/c1-7(12(14)15)11-8(2)13-10-6-4-3-5-9(10)11/h3-6,13H,1H2,2H3,(H,14,15). The van der Waals surface area contributed by atoms with E-state index in [0.717, 1.165) is 16.6 Å². The first-order valence-electron chi connectivity index (χ1n) is 4.61. The second-order valence-electron chi connectivity index (χ2n) is 3.45. The van der Waals surface area contributed by atoms with E-state index in [1.807, 2.05) is 31.2 Å². The van der Waals surface area contributed by atoms with Gasteiger partial charge in [0.15, 0.2) is 0 Å². The van der Waals surface area contributed by atoms with Gasteiger partial charge in [0.2, 0.25) is 0 Å². The van der Waals surface area contributed by atoms with Gasteiger partial charge in [0.25, 0.3) is 0 Å². The van der Waals surface area contributed by atoms with Crippen LogP contribution in [0.4, 0.5) is 0 Å². The first-order chi connectivity index (χ1) is 7.11. The third-order valence-corrected chi connectivity index (χ3v) is 2.45. The van der Waals surface area contributed by atoms with Gasteiger partial charge < -0.3 is 10.1 Å². The number of hydrogen-bond acceptors (Lipinski definition) is 1. The summed E-state index contributed by atoms with van der Waals surface area (Å²) < 4.78 is 0. The van der Waals surface area contributed by atoms with E-state index in [-0.39, 0.29) is 5.57 Å². The number of rotatable bonds is 2. The molecular weight excluding hydrogens is 190 g/mol. The maximum atomic E-state index is 10.9. The largest absolute Gasteiger partial charge is 0.478 e. The van der Waals surface area contributed by atoms with Gasteiger partial charge in [-0.1, -0.05) is 24.8 Å². The third kappa shape index (κ3) is 1.42. The number of hydrogen-bond donors (Lipinski definition) is 2. The van der Waals surface area contributed by atoms with Crippen LogP contribution in [0, 0.1) is 6.92 Å². The molecule has 0 fully saturated rings. The molecule has 0 saturated carbocycles. The summed E-state index contributed by atoms with van der Waals surface area (Å²) in [5, 5.41) is 9.83. The highest BCUT2D eigenvalue weighted by Gasteiger charge is 2.15. The van der Waals surface area contributed by atoms with Crippen molar-refractivity contribution in [2.24, 2.45) is 0 Å². The molecule has 0 aliphatic rings. The Bertz CT molecular complexity index is 552. The zero-order valence-electron chi connectivity index (χ0n) is 8.37. The Morgan fingerprint density at radius 1 is 1.40 bits per heavy atom. The highest BCUT2D eigenvalue weighted by molar-refractivity contribution is 6.19. The van der Waals surface area contributed by atoms with Gasteiger partial charge in [-0.05, 0) is 13.0 Å². The van der Waals surface area contributed by atoms with Crippen LogP contribution in [0.1, 0.15) is 11.3 Å². The molecule has 1 aromatic heterocycles. The number of para-hydroxylation sites is 1. The lowest BCUT2D eigenvalue weighted by molar-refractivity contribution is -0.130. The second kappa shape index (κ2) is 3.28. The minimum absolute atomic E-state index is 0.130. The minimum Gasteiger partial charge on any atom is -0.478 e. The molecule has 0 aliphatic heterocycles. The fourth-order valence-corrected chi connectivity index (χ4v) is 1.77. The molecule has 0 aliphatic carbocycles. The summed E-state index contributed by atoms with van der Waals surface area (Å²) in [7, 11) is 0. The molecule has 0 amide bonds. The summed E-state index contributed by atoms with van der Waals surface area (Å²) in [6.45, 7) is 5.44. The van der Waals surface area contributed by atoms with Crippen LogP contribution in [0.15, 0.2) is 30.8 Å². The zero-order valence-corrected chi connectivity index (χ0v) is 8.37. The zero-order chi connectivity index (χ0) is 11.0. The number of aryl methyl sites for hydroxylation is 1. The number of carboxylic acid groups (broad SMARTS) is 1. The van der Waals surface area contributed by atoms with E-state index in [2.05, 4.69) is 11.6 Å². The lowest BCUT2D eigenvalue weighted by Crippen LogP contribution is -1.98. The molecule has 0 saturated heterocycles. The normalized spacial score (nSPS) is 10.5. The molecule has 3 heteroatoms. The van der Waals surface area contributed by atoms with Crippen molar-refractivity contribution in [2.75, 3.05) is 0 Å². The van der Waals surface area contributed by atoms with E-state index >= 15 is 0 Å². The van der Waals surface area contributed by atoms with Gasteiger partial charge in [-0.2, -0.15) is 0 Å². The van der Waals surface area contributed by atoms with Crippen molar-refractivity contribution in [1.29, 1.82) is 0 Å². The molecule has 15 heavy (non-hydrogen) atoms. The molecule has 3 nitrogen and oxygen atoms in total. The van der Waals surface area contributed by atoms with Gasteiger partial charge in [0.05, 0.1) is 5.57 Å². The number of aliphatic carboxylic acids is 1. The molecule has 1 aromatic carbocycles. The van der Waals surface area contributed by atoms with Crippen molar-refractivity contribution in [3.63, 3.8) is 0 Å². The van der Waals surface area contributed by atoms with Crippen molar-refractivity contribution < 1.29 is 9.90 Å². The van der Waals surface area contributed by atoms with Crippen LogP contribution in [0.5, 0.6) is 0 Å². The first kappa shape index (κ1) is 9.52. The van der Waals surface area contributed by atoms with Crippen LogP contribution in [-0.2, 0) is 4.79 Å². The quantitative estimate of drug-likeness (QED) is 0.734. The van der Waals surface area contributed by atoms with Crippen molar-refractivity contribution >= 4 is 22.4 Å². The molecule has 0 bridgehead atoms. The molecule has 0 radical (unpaired) electrons. The lowest BCUT2D eigenvalue weighted by atomic mass is 10.0. The SMILES string of the molecule is C=C(C(=O)O)c1c(C)[nH]c2ccccc12. The van der Waals surface area contributed by atoms with Gasteiger partial charge in [-0.15, -0.1) is 0 Å². The maximum Gasteiger partial charge on any atom is 0.335 e. The van der Waals surface area contributed by atoms with Crippen molar-refractivity contribution in [3.05, 3.63) is 42.1 Å². The van der Waals surface area contributed by atoms with Crippen LogP contribution < -0.4 is 0 Å². The molecular formula is C12H11NO2. The minimum atomic E-state index is -0.983. The van der Waals surface area contributed by atoms with E-state index in [9.17, 15) is 4.79 Å². The van der Waals surface area contributed by atoms with Gasteiger partial charge in [0.1, 0.15) is 0 Å². The summed E-state index contributed by atoms with van der Waals surface area (Å²) in [6.07, 6.45) is 0. The third-order valence-electron chi connectivity index (χ3n) is 2.45. The van der Waals surface area contributed by atoms with Gasteiger partial charge in [0, 0.05) is 22.2 Å². The van der Waals surface area contributed by atoms with Crippen LogP contribution in [-0.4, -0.2) is 16.1 Å². The molecule has 76 valence electrons. The predicted molar refractivity (Wildman–Crippen MR) is 59.7 cm³/mol. The fourth-order valence-electron chi connectivity index (χ4n) is 1.77. The molecule has 0 atom stereocenters. The van der Waals surface area contributed by atoms with E-state index in [4.69, 9.17) is 5.11 Å². The Kier molecular flexibility index (Phi) is 2.08. The van der Waals surface area contributed by atoms with Crippen molar-refractivity contribution in [2.45, 2.75) is 6.92 Å². The average Bonchev–Trinajstić information content (AvgIpc) is 2.52. The van der Waals surface area contributed by atoms with Crippen molar-refractivity contribution in [3.8, 4) is 0 Å². The Hall–Kier alpha value is -2.03. The predicted octanol–water partition coefficient (Wildman–Crippen LogP) is 2.57. The number of aromatic nitrogens is 1. The summed E-state index contributed by atoms with van der Waals surface area (Å²) in [6, 6.07) is 7.60. The summed E-state index contributed by atoms with van der Waals surface area (Å²) in [4.78, 5) is 14.0. The number of benzene rings is 1. The molecule has 0 unspecified atom stereocenters. The number of nitrogens with one attached hydrogen (secondary N) is 1. The molecule has 1 heterocycles. The van der Waals surface area contributed by atoms with E-state index in [1.165, 1.54) is 0 Å². The first-order valence-corrected chi connectivity index (χ1v) is 4.61. The van der Waals surface area contributed by atoms with Crippen LogP contribution in [0.2, 0.25) is 0 Å². The summed E-state index contributed by atoms with van der Waals surface area (Å²) >= 11 is 0. The Labute approximate surface area is 87.0 Å². The van der Waals surface area contributed by atoms with Crippen molar-refractivity contribution in [1.82, 2.24) is 4.98 Å². The molecule has 2 N–H and O–H groups in total. The van der Waals surface area contributed by atoms with Gasteiger partial charge >= 0.3 is 5.97 Å². The lowest BCUT2D eigenvalue weighted by Gasteiger charge is -1.99. The number of carboxylic acids is 1. The fraction of sp³-hybridized carbons (Fsp3) is 0.0833. The average molecular weight is 201 g/mol. The molecule has 2 rings (SSSR count). The second-order valence-corrected chi connectivity index (χ2v) is 3.45. The van der Waals surface area contributed by atoms with Gasteiger partial charge in [-0.25, -0.2) is 4.79 Å². The Morgan fingerprint density at radius 2 is 2.07 bits per heavy atom. The van der Waals surface area contributed by atoms with Crippen LogP contribution in [0.3, 0.4) is 0 Å². The van der Waals surface area contributed by atoms with E-state index in [0.29, 0.717) is 5.56 Å². The molecule has 2 aromatic rings. The van der Waals surface area contributed by atoms with E-state index in [1.54, 1.807) is 0 Å². The maximum absolute atomic E-state index is 10.9. The Balaban J connectivity index is 2.74. The van der Waals surface area contributed by atoms with Gasteiger partial charge in [-0.3, -0.25) is 0 Å². The topological polar surface area (TPSA) is 53.1 Å². The number of aromatic amines is 1. The monoisotopic (exact) mass is 201 g/mol. The molecule has 0 spiro atoms. The summed E-state index contributed by atoms with van der Waals surface area (Å²) in [5.74, 6) is -0.983. The number of fused-ring (bicyclic) bond motifs is 1. The summed E-state index contributed by atoms with van der Waals surface area (Å²) in [5.41, 5.74) is 2.60. The van der Waals surface area contributed by atoms with Crippen LogP contribution in [0.25, 0.3) is 16.5 Å². The Morgan fingerprint density at radius 3 is 2.73 bits per heavy atom. The van der Waals surface area contributed by atoms with E-state index < -0.39 is 5.97 Å². The van der Waals surface area contributed by atoms with Crippen LogP contribution >= 0.6 is 0 Å². The number of carbonyl (C=O) groups is 1. The number of H-pyrrole nitrogens is 1. The smallest absolute Gasteiger partial charge is 0.335 e. The highest BCUT2D eigenvalue weighted by atomic mass is 16.4. The highest BCUT2D eigenvalue weighted by Crippen LogP contribution is 2.27.